The van der Waals surface area contributed by atoms with Crippen molar-refractivity contribution in [2.45, 2.75) is 39.2 Å². The molecule has 4 rings (SSSR count). The zero-order valence-electron chi connectivity index (χ0n) is 16.3. The van der Waals surface area contributed by atoms with E-state index in [1.165, 1.54) is 0 Å². The summed E-state index contributed by atoms with van der Waals surface area (Å²) in [7, 11) is 1.92. The standard InChI is InChI=1S/C17H23N7O.CH2O2/c1-11-12(2)19-14-6-7-18-24(14)17(11)23-8-4-5-13(9-23)16-21-20-15(10-25)22(16)3;2-1-3/h6-7,13,25H,4-5,8-10H2,1-3H3;1H,(H,2,3). The number of aryl methyl sites for hydroxylation is 1. The third-order valence-electron chi connectivity index (χ3n) is 5.21. The zero-order chi connectivity index (χ0) is 20.3. The molecule has 1 atom stereocenters. The molecule has 0 amide bonds. The summed E-state index contributed by atoms with van der Waals surface area (Å²) in [4.78, 5) is 15.4. The van der Waals surface area contributed by atoms with Crippen molar-refractivity contribution < 1.29 is 15.0 Å². The Morgan fingerprint density at radius 2 is 2.07 bits per heavy atom. The van der Waals surface area contributed by atoms with E-state index in [4.69, 9.17) is 9.90 Å². The van der Waals surface area contributed by atoms with Gasteiger partial charge in [-0.2, -0.15) is 9.61 Å². The molecule has 0 aromatic carbocycles. The molecule has 10 heteroatoms. The van der Waals surface area contributed by atoms with Gasteiger partial charge in [0.25, 0.3) is 6.47 Å². The number of anilines is 1. The van der Waals surface area contributed by atoms with Crippen molar-refractivity contribution in [1.82, 2.24) is 29.4 Å². The van der Waals surface area contributed by atoms with Crippen molar-refractivity contribution in [1.29, 1.82) is 0 Å². The van der Waals surface area contributed by atoms with Crippen LogP contribution in [0.4, 0.5) is 5.82 Å². The van der Waals surface area contributed by atoms with Gasteiger partial charge >= 0.3 is 0 Å². The second-order valence-corrected chi connectivity index (χ2v) is 6.83. The number of carbonyl (C=O) groups is 1. The Morgan fingerprint density at radius 1 is 1.32 bits per heavy atom. The minimum absolute atomic E-state index is 0.0868. The minimum atomic E-state index is -0.250. The molecule has 10 nitrogen and oxygen atoms in total. The third kappa shape index (κ3) is 3.55. The molecule has 1 aliphatic heterocycles. The second kappa shape index (κ2) is 8.34. The summed E-state index contributed by atoms with van der Waals surface area (Å²) in [5, 5.41) is 29.2. The Bertz CT molecular complexity index is 966. The molecule has 150 valence electrons. The lowest BCUT2D eigenvalue weighted by Crippen LogP contribution is -2.37. The lowest BCUT2D eigenvalue weighted by Gasteiger charge is -2.35. The van der Waals surface area contributed by atoms with Crippen LogP contribution in [0.15, 0.2) is 12.3 Å². The van der Waals surface area contributed by atoms with Gasteiger partial charge in [0.1, 0.15) is 18.2 Å². The molecule has 0 radical (unpaired) electrons. The number of hydrogen-bond acceptors (Lipinski definition) is 7. The molecule has 4 heterocycles. The van der Waals surface area contributed by atoms with Crippen molar-refractivity contribution in [2.75, 3.05) is 18.0 Å². The summed E-state index contributed by atoms with van der Waals surface area (Å²) in [6.45, 7) is 5.66. The van der Waals surface area contributed by atoms with E-state index in [1.807, 2.05) is 29.1 Å². The van der Waals surface area contributed by atoms with E-state index in [9.17, 15) is 5.11 Å². The number of nitrogens with zero attached hydrogens (tertiary/aromatic N) is 7. The van der Waals surface area contributed by atoms with Crippen LogP contribution >= 0.6 is 0 Å². The van der Waals surface area contributed by atoms with Crippen molar-refractivity contribution >= 4 is 17.9 Å². The highest BCUT2D eigenvalue weighted by atomic mass is 16.3. The van der Waals surface area contributed by atoms with Gasteiger partial charge in [-0.05, 0) is 26.7 Å². The molecule has 0 spiro atoms. The molecular weight excluding hydrogens is 362 g/mol. The van der Waals surface area contributed by atoms with Crippen LogP contribution < -0.4 is 4.90 Å². The molecule has 28 heavy (non-hydrogen) atoms. The van der Waals surface area contributed by atoms with Crippen molar-refractivity contribution in [3.63, 3.8) is 0 Å². The number of aliphatic hydroxyl groups excluding tert-OH is 1. The average molecular weight is 387 g/mol. The second-order valence-electron chi connectivity index (χ2n) is 6.83. The van der Waals surface area contributed by atoms with Crippen molar-refractivity contribution in [3.8, 4) is 0 Å². The topological polar surface area (TPSA) is 122 Å². The number of aliphatic hydroxyl groups is 1. The normalized spacial score (nSPS) is 16.7. The summed E-state index contributed by atoms with van der Waals surface area (Å²) < 4.78 is 3.85. The quantitative estimate of drug-likeness (QED) is 0.640. The van der Waals surface area contributed by atoms with Gasteiger partial charge in [0.2, 0.25) is 0 Å². The molecule has 3 aromatic heterocycles. The summed E-state index contributed by atoms with van der Waals surface area (Å²) in [5.74, 6) is 2.94. The Hall–Kier alpha value is -3.01. The van der Waals surface area contributed by atoms with Gasteiger partial charge in [-0.25, -0.2) is 4.98 Å². The van der Waals surface area contributed by atoms with Crippen LogP contribution in [0, 0.1) is 13.8 Å². The smallest absolute Gasteiger partial charge is 0.290 e. The Kier molecular flexibility index (Phi) is 5.88. The molecule has 1 aliphatic rings. The first-order chi connectivity index (χ1) is 13.5. The zero-order valence-corrected chi connectivity index (χ0v) is 16.3. The number of carboxylic acid groups (broad SMARTS) is 1. The predicted molar refractivity (Wildman–Crippen MR) is 102 cm³/mol. The van der Waals surface area contributed by atoms with E-state index < -0.39 is 0 Å². The first-order valence-corrected chi connectivity index (χ1v) is 9.14. The van der Waals surface area contributed by atoms with Crippen LogP contribution in [0.1, 0.15) is 41.7 Å². The number of hydrogen-bond donors (Lipinski definition) is 2. The number of rotatable bonds is 3. The Labute approximate surface area is 162 Å². The van der Waals surface area contributed by atoms with Crippen molar-refractivity contribution in [3.05, 3.63) is 35.2 Å². The van der Waals surface area contributed by atoms with Crippen LogP contribution in [0.5, 0.6) is 0 Å². The van der Waals surface area contributed by atoms with Crippen LogP contribution in [-0.4, -0.2) is 59.1 Å². The lowest BCUT2D eigenvalue weighted by molar-refractivity contribution is -0.122. The van der Waals surface area contributed by atoms with Crippen molar-refractivity contribution in [2.24, 2.45) is 7.05 Å². The van der Waals surface area contributed by atoms with Crippen LogP contribution in [-0.2, 0) is 18.4 Å². The maximum atomic E-state index is 9.37. The largest absolute Gasteiger partial charge is 0.483 e. The summed E-state index contributed by atoms with van der Waals surface area (Å²) in [6.07, 6.45) is 3.94. The molecule has 1 unspecified atom stereocenters. The van der Waals surface area contributed by atoms with E-state index in [2.05, 4.69) is 32.1 Å². The van der Waals surface area contributed by atoms with E-state index >= 15 is 0 Å². The first-order valence-electron chi connectivity index (χ1n) is 9.14. The van der Waals surface area contributed by atoms with Crippen LogP contribution in [0.2, 0.25) is 0 Å². The van der Waals surface area contributed by atoms with Gasteiger partial charge < -0.3 is 19.7 Å². The molecule has 2 N–H and O–H groups in total. The number of fused-ring (bicyclic) bond motifs is 1. The third-order valence-corrected chi connectivity index (χ3v) is 5.21. The van der Waals surface area contributed by atoms with Crippen LogP contribution in [0.25, 0.3) is 5.65 Å². The highest BCUT2D eigenvalue weighted by Crippen LogP contribution is 2.31. The first kappa shape index (κ1) is 19.7. The van der Waals surface area contributed by atoms with E-state index in [-0.39, 0.29) is 19.0 Å². The lowest BCUT2D eigenvalue weighted by atomic mass is 9.96. The molecule has 1 fully saturated rings. The molecule has 0 saturated carbocycles. The Balaban J connectivity index is 0.000000706. The highest BCUT2D eigenvalue weighted by Gasteiger charge is 2.28. The predicted octanol–water partition coefficient (Wildman–Crippen LogP) is 1.05. The fraction of sp³-hybridized carbons (Fsp3) is 0.500. The van der Waals surface area contributed by atoms with E-state index in [1.54, 1.807) is 6.20 Å². The van der Waals surface area contributed by atoms with Gasteiger partial charge in [0.05, 0.1) is 6.20 Å². The van der Waals surface area contributed by atoms with Gasteiger partial charge in [-0.15, -0.1) is 10.2 Å². The fourth-order valence-electron chi connectivity index (χ4n) is 3.74. The average Bonchev–Trinajstić information content (AvgIpc) is 3.29. The van der Waals surface area contributed by atoms with E-state index in [0.29, 0.717) is 5.82 Å². The van der Waals surface area contributed by atoms with Gasteiger partial charge in [0.15, 0.2) is 11.5 Å². The number of piperidine rings is 1. The van der Waals surface area contributed by atoms with Gasteiger partial charge in [0, 0.05) is 43.4 Å². The maximum Gasteiger partial charge on any atom is 0.290 e. The number of aromatic nitrogens is 6. The molecule has 1 saturated heterocycles. The maximum absolute atomic E-state index is 9.37. The van der Waals surface area contributed by atoms with E-state index in [0.717, 1.165) is 54.5 Å². The summed E-state index contributed by atoms with van der Waals surface area (Å²) in [6, 6.07) is 1.94. The monoisotopic (exact) mass is 387 g/mol. The molecule has 0 aliphatic carbocycles. The van der Waals surface area contributed by atoms with Crippen LogP contribution in [0.3, 0.4) is 0 Å². The fourth-order valence-corrected chi connectivity index (χ4v) is 3.74. The minimum Gasteiger partial charge on any atom is -0.483 e. The molecule has 3 aromatic rings. The van der Waals surface area contributed by atoms with Gasteiger partial charge in [-0.1, -0.05) is 0 Å². The molecular formula is C18H25N7O3. The molecule has 0 bridgehead atoms. The van der Waals surface area contributed by atoms with Gasteiger partial charge in [-0.3, -0.25) is 4.79 Å². The summed E-state index contributed by atoms with van der Waals surface area (Å²) in [5.41, 5.74) is 3.07. The highest BCUT2D eigenvalue weighted by molar-refractivity contribution is 5.56. The summed E-state index contributed by atoms with van der Waals surface area (Å²) >= 11 is 0. The Morgan fingerprint density at radius 3 is 2.75 bits per heavy atom. The SMILES string of the molecule is Cc1nc2ccnn2c(N2CCCC(c3nnc(CO)n3C)C2)c1C.O=CO.